The van der Waals surface area contributed by atoms with Crippen molar-refractivity contribution in [3.63, 3.8) is 0 Å². The van der Waals surface area contributed by atoms with E-state index in [1.54, 1.807) is 0 Å². The van der Waals surface area contributed by atoms with Gasteiger partial charge in [-0.15, -0.1) is 0 Å². The fourth-order valence-corrected chi connectivity index (χ4v) is 1.34. The highest BCUT2D eigenvalue weighted by molar-refractivity contribution is 5.82. The number of aliphatic hydroxyl groups is 1. The zero-order chi connectivity index (χ0) is 12.6. The monoisotopic (exact) mass is 232 g/mol. The Hall–Kier alpha value is -1.14. The van der Waals surface area contributed by atoms with Crippen LogP contribution in [0.5, 0.6) is 0 Å². The molecule has 0 fully saturated rings. The van der Waals surface area contributed by atoms with Gasteiger partial charge in [0.1, 0.15) is 6.04 Å². The third-order valence-electron chi connectivity index (χ3n) is 2.26. The molecule has 0 aliphatic heterocycles. The van der Waals surface area contributed by atoms with Crippen LogP contribution in [0.2, 0.25) is 0 Å². The lowest BCUT2D eigenvalue weighted by Gasteiger charge is -2.19. The first-order valence-electron chi connectivity index (χ1n) is 5.35. The molecule has 16 heavy (non-hydrogen) atoms. The van der Waals surface area contributed by atoms with Crippen molar-refractivity contribution in [1.29, 1.82) is 0 Å². The molecule has 0 radical (unpaired) electrons. The third-order valence-corrected chi connectivity index (χ3v) is 2.26. The van der Waals surface area contributed by atoms with Crippen molar-refractivity contribution in [2.75, 3.05) is 13.2 Å². The Balaban J connectivity index is 4.09. The van der Waals surface area contributed by atoms with Crippen LogP contribution in [0.3, 0.4) is 0 Å². The lowest BCUT2D eigenvalue weighted by Crippen LogP contribution is -2.48. The summed E-state index contributed by atoms with van der Waals surface area (Å²) in [7, 11) is 0. The Morgan fingerprint density at radius 2 is 2.00 bits per heavy atom. The minimum atomic E-state index is -1.07. The molecule has 2 unspecified atom stereocenters. The Morgan fingerprint density at radius 1 is 1.38 bits per heavy atom. The fraction of sp³-hybridized carbons (Fsp3) is 0.800. The number of amides is 1. The minimum Gasteiger partial charge on any atom is -0.480 e. The maximum Gasteiger partial charge on any atom is 0.327 e. The summed E-state index contributed by atoms with van der Waals surface area (Å²) < 4.78 is 0. The third kappa shape index (κ3) is 6.36. The van der Waals surface area contributed by atoms with Crippen molar-refractivity contribution in [2.45, 2.75) is 38.8 Å². The van der Waals surface area contributed by atoms with Gasteiger partial charge < -0.3 is 20.8 Å². The Bertz CT molecular complexity index is 233. The van der Waals surface area contributed by atoms with E-state index in [9.17, 15) is 9.59 Å². The van der Waals surface area contributed by atoms with Crippen LogP contribution in [0.15, 0.2) is 0 Å². The molecule has 0 aliphatic rings. The first kappa shape index (κ1) is 14.9. The summed E-state index contributed by atoms with van der Waals surface area (Å²) in [5, 5.41) is 22.9. The Kier molecular flexibility index (Phi) is 7.49. The second kappa shape index (κ2) is 8.06. The summed E-state index contributed by atoms with van der Waals surface area (Å²) in [6, 6.07) is -0.856. The van der Waals surface area contributed by atoms with Gasteiger partial charge in [0.15, 0.2) is 0 Å². The van der Waals surface area contributed by atoms with E-state index in [0.29, 0.717) is 6.42 Å². The fourth-order valence-electron chi connectivity index (χ4n) is 1.34. The van der Waals surface area contributed by atoms with E-state index in [0.717, 1.165) is 6.42 Å². The van der Waals surface area contributed by atoms with Gasteiger partial charge in [-0.25, -0.2) is 4.79 Å². The van der Waals surface area contributed by atoms with Crippen LogP contribution in [0, 0.1) is 0 Å². The predicted molar refractivity (Wildman–Crippen MR) is 59.0 cm³/mol. The maximum absolute atomic E-state index is 10.8. The van der Waals surface area contributed by atoms with Crippen molar-refractivity contribution >= 4 is 11.9 Å². The zero-order valence-electron chi connectivity index (χ0n) is 9.69. The number of hydrogen-bond donors (Lipinski definition) is 4. The molecule has 0 saturated carbocycles. The average molecular weight is 232 g/mol. The number of rotatable bonds is 8. The molecule has 0 saturated heterocycles. The molecule has 0 rings (SSSR count). The highest BCUT2D eigenvalue weighted by Gasteiger charge is 2.19. The largest absolute Gasteiger partial charge is 0.480 e. The van der Waals surface area contributed by atoms with Crippen molar-refractivity contribution in [2.24, 2.45) is 0 Å². The Morgan fingerprint density at radius 3 is 2.38 bits per heavy atom. The van der Waals surface area contributed by atoms with E-state index in [4.69, 9.17) is 10.2 Å². The number of carboxylic acid groups (broad SMARTS) is 1. The molecular formula is C10H20N2O4. The zero-order valence-corrected chi connectivity index (χ0v) is 9.69. The van der Waals surface area contributed by atoms with E-state index in [1.165, 1.54) is 6.92 Å². The van der Waals surface area contributed by atoms with Gasteiger partial charge in [0, 0.05) is 26.1 Å². The molecule has 0 aromatic carbocycles. The number of aliphatic carboxylic acids is 1. The van der Waals surface area contributed by atoms with Gasteiger partial charge in [0.25, 0.3) is 0 Å². The molecule has 2 atom stereocenters. The van der Waals surface area contributed by atoms with Crippen LogP contribution in [0.25, 0.3) is 0 Å². The maximum atomic E-state index is 10.8. The van der Waals surface area contributed by atoms with Crippen LogP contribution in [0.4, 0.5) is 0 Å². The van der Waals surface area contributed by atoms with Gasteiger partial charge in [0.05, 0.1) is 0 Å². The quantitative estimate of drug-likeness (QED) is 0.445. The summed E-state index contributed by atoms with van der Waals surface area (Å²) in [5.74, 6) is -1.44. The normalized spacial score (nSPS) is 14.2. The topological polar surface area (TPSA) is 98.7 Å². The summed E-state index contributed by atoms with van der Waals surface area (Å²) in [4.78, 5) is 21.5. The van der Waals surface area contributed by atoms with Gasteiger partial charge in [-0.2, -0.15) is 0 Å². The first-order valence-corrected chi connectivity index (χ1v) is 5.35. The molecule has 0 heterocycles. The molecule has 94 valence electrons. The van der Waals surface area contributed by atoms with E-state index >= 15 is 0 Å². The van der Waals surface area contributed by atoms with Crippen LogP contribution in [-0.4, -0.2) is 47.3 Å². The van der Waals surface area contributed by atoms with E-state index < -0.39 is 12.0 Å². The molecule has 6 heteroatoms. The van der Waals surface area contributed by atoms with E-state index in [1.807, 2.05) is 6.92 Å². The number of carbonyl (C=O) groups is 2. The number of hydrogen-bond acceptors (Lipinski definition) is 4. The molecule has 6 nitrogen and oxygen atoms in total. The molecule has 0 aromatic rings. The smallest absolute Gasteiger partial charge is 0.327 e. The van der Waals surface area contributed by atoms with Gasteiger partial charge in [-0.1, -0.05) is 6.92 Å². The minimum absolute atomic E-state index is 0.0589. The van der Waals surface area contributed by atoms with Crippen molar-refractivity contribution in [3.8, 4) is 0 Å². The number of nitrogens with one attached hydrogen (secondary N) is 2. The molecular weight excluding hydrogens is 212 g/mol. The SMILES string of the molecule is CCC(CCO)NCC(NC(C)=O)C(=O)O. The molecule has 4 N–H and O–H groups in total. The van der Waals surface area contributed by atoms with Gasteiger partial charge in [0.2, 0.25) is 5.91 Å². The van der Waals surface area contributed by atoms with Crippen LogP contribution < -0.4 is 10.6 Å². The first-order chi connectivity index (χ1) is 7.51. The van der Waals surface area contributed by atoms with Crippen LogP contribution in [-0.2, 0) is 9.59 Å². The Labute approximate surface area is 95.0 Å². The van der Waals surface area contributed by atoms with Gasteiger partial charge in [-0.3, -0.25) is 4.79 Å². The molecule has 0 spiro atoms. The summed E-state index contributed by atoms with van der Waals surface area (Å²) >= 11 is 0. The molecule has 0 aromatic heterocycles. The van der Waals surface area contributed by atoms with E-state index in [-0.39, 0.29) is 25.1 Å². The van der Waals surface area contributed by atoms with Gasteiger partial charge in [-0.05, 0) is 12.8 Å². The van der Waals surface area contributed by atoms with Crippen molar-refractivity contribution in [3.05, 3.63) is 0 Å². The predicted octanol–water partition coefficient (Wildman–Crippen LogP) is -0.674. The standard InChI is InChI=1S/C10H20N2O4/c1-3-8(4-5-13)11-6-9(10(15)16)12-7(2)14/h8-9,11,13H,3-6H2,1-2H3,(H,12,14)(H,15,16). The molecule has 0 bridgehead atoms. The number of carboxylic acids is 1. The van der Waals surface area contributed by atoms with Crippen LogP contribution in [0.1, 0.15) is 26.7 Å². The highest BCUT2D eigenvalue weighted by Crippen LogP contribution is 1.96. The summed E-state index contributed by atoms with van der Waals surface area (Å²) in [6.07, 6.45) is 1.37. The summed E-state index contributed by atoms with van der Waals surface area (Å²) in [5.41, 5.74) is 0. The lowest BCUT2D eigenvalue weighted by atomic mass is 10.1. The highest BCUT2D eigenvalue weighted by atomic mass is 16.4. The average Bonchev–Trinajstić information content (AvgIpc) is 2.21. The number of aliphatic hydroxyl groups excluding tert-OH is 1. The van der Waals surface area contributed by atoms with E-state index in [2.05, 4.69) is 10.6 Å². The van der Waals surface area contributed by atoms with Crippen molar-refractivity contribution in [1.82, 2.24) is 10.6 Å². The van der Waals surface area contributed by atoms with Crippen LogP contribution >= 0.6 is 0 Å². The lowest BCUT2D eigenvalue weighted by molar-refractivity contribution is -0.141. The second-order valence-corrected chi connectivity index (χ2v) is 3.62. The summed E-state index contributed by atoms with van der Waals surface area (Å²) in [6.45, 7) is 3.44. The van der Waals surface area contributed by atoms with Crippen molar-refractivity contribution < 1.29 is 19.8 Å². The van der Waals surface area contributed by atoms with Gasteiger partial charge >= 0.3 is 5.97 Å². The molecule has 1 amide bonds. The molecule has 0 aliphatic carbocycles. The second-order valence-electron chi connectivity index (χ2n) is 3.62. The number of carbonyl (C=O) groups excluding carboxylic acids is 1.